The van der Waals surface area contributed by atoms with E-state index in [4.69, 9.17) is 23.4 Å². The Bertz CT molecular complexity index is 562. The van der Waals surface area contributed by atoms with Crippen LogP contribution in [0.25, 0.3) is 0 Å². The van der Waals surface area contributed by atoms with Gasteiger partial charge in [0.05, 0.1) is 19.8 Å². The molecule has 0 aromatic heterocycles. The molecule has 0 aromatic rings. The Morgan fingerprint density at radius 1 is 0.714 bits per heavy atom. The Morgan fingerprint density at radius 3 is 1.69 bits per heavy atom. The summed E-state index contributed by atoms with van der Waals surface area (Å²) in [5.41, 5.74) is 0. The van der Waals surface area contributed by atoms with Gasteiger partial charge in [-0.15, -0.1) is 0 Å². The van der Waals surface area contributed by atoms with Crippen molar-refractivity contribution in [2.45, 2.75) is 116 Å². The van der Waals surface area contributed by atoms with E-state index in [1.807, 2.05) is 0 Å². The molecular weight excluding hydrogens is 473 g/mol. The Balaban J connectivity index is 3.45. The van der Waals surface area contributed by atoms with E-state index in [1.54, 1.807) is 0 Å². The van der Waals surface area contributed by atoms with Crippen molar-refractivity contribution < 1.29 is 37.6 Å². The summed E-state index contributed by atoms with van der Waals surface area (Å²) < 4.78 is 32.1. The van der Waals surface area contributed by atoms with Crippen LogP contribution in [0.5, 0.6) is 0 Å². The van der Waals surface area contributed by atoms with Crippen LogP contribution in [0.4, 0.5) is 4.79 Å². The number of phosphoric ester groups is 1. The highest BCUT2D eigenvalue weighted by atomic mass is 31.2. The van der Waals surface area contributed by atoms with Gasteiger partial charge in [-0.1, -0.05) is 96.8 Å². The molecule has 1 atom stereocenters. The van der Waals surface area contributed by atoms with Crippen LogP contribution >= 0.6 is 7.82 Å². The molecule has 0 spiro atoms. The number of carbonyl (C=O) groups is 2. The van der Waals surface area contributed by atoms with E-state index >= 15 is 0 Å². The number of rotatable bonds is 26. The summed E-state index contributed by atoms with van der Waals surface area (Å²) >= 11 is 0. The lowest BCUT2D eigenvalue weighted by Crippen LogP contribution is -2.25. The van der Waals surface area contributed by atoms with Crippen molar-refractivity contribution in [1.29, 1.82) is 0 Å². The third-order valence-corrected chi connectivity index (χ3v) is 7.08. The van der Waals surface area contributed by atoms with Crippen LogP contribution in [0, 0.1) is 0 Å². The smallest absolute Gasteiger partial charge is 0.466 e. The first-order valence-corrected chi connectivity index (χ1v) is 15.0. The molecule has 0 aliphatic carbocycles. The van der Waals surface area contributed by atoms with Crippen molar-refractivity contribution in [3.8, 4) is 0 Å². The maximum Gasteiger partial charge on any atom is 0.474 e. The second-order valence-corrected chi connectivity index (χ2v) is 10.6. The summed E-state index contributed by atoms with van der Waals surface area (Å²) in [5.74, 6) is -0.231. The molecule has 0 heterocycles. The molecule has 0 radical (unpaired) electrons. The molecule has 0 saturated heterocycles. The summed E-state index contributed by atoms with van der Waals surface area (Å²) in [4.78, 5) is 22.2. The average molecular weight is 524 g/mol. The van der Waals surface area contributed by atoms with Crippen molar-refractivity contribution >= 4 is 19.9 Å². The van der Waals surface area contributed by atoms with Gasteiger partial charge >= 0.3 is 19.9 Å². The molecule has 208 valence electrons. The van der Waals surface area contributed by atoms with Gasteiger partial charge in [-0.3, -0.25) is 18.4 Å². The number of esters is 1. The fourth-order valence-electron chi connectivity index (χ4n) is 3.59. The van der Waals surface area contributed by atoms with Crippen LogP contribution in [-0.2, 0) is 27.7 Å². The van der Waals surface area contributed by atoms with E-state index in [-0.39, 0.29) is 32.3 Å². The summed E-state index contributed by atoms with van der Waals surface area (Å²) in [6.07, 6.45) is 18.8. The second-order valence-electron chi connectivity index (χ2n) is 8.80. The lowest BCUT2D eigenvalue weighted by Gasteiger charge is -2.15. The largest absolute Gasteiger partial charge is 0.474 e. The number of phosphoric acid groups is 1. The first-order chi connectivity index (χ1) is 16.9. The first kappa shape index (κ1) is 33.8. The zero-order valence-electron chi connectivity index (χ0n) is 22.1. The maximum atomic E-state index is 12.1. The number of nitrogens with one attached hydrogen (secondary N) is 1. The Morgan fingerprint density at radius 2 is 1.20 bits per heavy atom. The molecular formula is C25H50NO8P. The van der Waals surface area contributed by atoms with Gasteiger partial charge in [-0.2, -0.15) is 0 Å². The van der Waals surface area contributed by atoms with Gasteiger partial charge in [0.1, 0.15) is 0 Å². The van der Waals surface area contributed by atoms with E-state index in [0.717, 1.165) is 19.3 Å². The molecule has 0 aromatic carbocycles. The highest BCUT2D eigenvalue weighted by Gasteiger charge is 2.24. The normalized spacial score (nSPS) is 12.9. The summed E-state index contributed by atoms with van der Waals surface area (Å²) in [6, 6.07) is 0. The average Bonchev–Trinajstić information content (AvgIpc) is 2.84. The highest BCUT2D eigenvalue weighted by Crippen LogP contribution is 2.48. The third kappa shape index (κ3) is 24.3. The number of ether oxygens (including phenoxy) is 1. The van der Waals surface area contributed by atoms with E-state index < -0.39 is 13.9 Å². The van der Waals surface area contributed by atoms with Gasteiger partial charge in [0.25, 0.3) is 0 Å². The van der Waals surface area contributed by atoms with Crippen LogP contribution in [0.15, 0.2) is 0 Å². The molecule has 2 N–H and O–H groups in total. The maximum absolute atomic E-state index is 12.1. The minimum Gasteiger partial charge on any atom is -0.466 e. The monoisotopic (exact) mass is 523 g/mol. The minimum atomic E-state index is -3.74. The van der Waals surface area contributed by atoms with Crippen LogP contribution in [0.1, 0.15) is 116 Å². The molecule has 1 unspecified atom stereocenters. The van der Waals surface area contributed by atoms with Crippen molar-refractivity contribution in [1.82, 2.24) is 5.32 Å². The van der Waals surface area contributed by atoms with Gasteiger partial charge in [0, 0.05) is 26.5 Å². The number of hydrogen-bond donors (Lipinski definition) is 2. The first-order valence-electron chi connectivity index (χ1n) is 13.5. The Kier molecular flexibility index (Phi) is 23.7. The number of amides is 1. The van der Waals surface area contributed by atoms with Crippen LogP contribution < -0.4 is 5.32 Å². The molecule has 1 amide bonds. The molecule has 9 nitrogen and oxygen atoms in total. The minimum absolute atomic E-state index is 0.0315. The van der Waals surface area contributed by atoms with Gasteiger partial charge in [0.2, 0.25) is 0 Å². The fraction of sp³-hybridized carbons (Fsp3) is 0.920. The number of carboxylic acid groups (broad SMARTS) is 1. The quantitative estimate of drug-likeness (QED) is 0.0691. The SMILES string of the molecule is CCCCCCCCCCCCCCCCCC(=O)OCCCOP(=O)(OC)OCCNC(=O)O. The van der Waals surface area contributed by atoms with Gasteiger partial charge < -0.3 is 15.2 Å². The molecule has 35 heavy (non-hydrogen) atoms. The van der Waals surface area contributed by atoms with Crippen LogP contribution in [0.2, 0.25) is 0 Å². The molecule has 0 rings (SSSR count). The third-order valence-electron chi connectivity index (χ3n) is 5.64. The van der Waals surface area contributed by atoms with E-state index in [2.05, 4.69) is 12.2 Å². The summed E-state index contributed by atoms with van der Waals surface area (Å²) in [6.45, 7) is 2.27. The van der Waals surface area contributed by atoms with Crippen molar-refractivity contribution in [3.05, 3.63) is 0 Å². The number of carbonyl (C=O) groups excluding carboxylic acids is 1. The van der Waals surface area contributed by atoms with Crippen molar-refractivity contribution in [2.24, 2.45) is 0 Å². The molecule has 0 aliphatic heterocycles. The van der Waals surface area contributed by atoms with Crippen molar-refractivity contribution in [3.63, 3.8) is 0 Å². The van der Waals surface area contributed by atoms with Crippen LogP contribution in [0.3, 0.4) is 0 Å². The summed E-state index contributed by atoms with van der Waals surface area (Å²) in [5, 5.41) is 10.6. The van der Waals surface area contributed by atoms with Gasteiger partial charge in [-0.25, -0.2) is 9.36 Å². The predicted molar refractivity (Wildman–Crippen MR) is 138 cm³/mol. The molecule has 0 saturated carbocycles. The lowest BCUT2D eigenvalue weighted by atomic mass is 10.0. The molecule has 0 fully saturated rings. The topological polar surface area (TPSA) is 120 Å². The second kappa shape index (κ2) is 24.5. The zero-order valence-corrected chi connectivity index (χ0v) is 23.0. The van der Waals surface area contributed by atoms with Crippen molar-refractivity contribution in [2.75, 3.05) is 33.5 Å². The predicted octanol–water partition coefficient (Wildman–Crippen LogP) is 7.24. The van der Waals surface area contributed by atoms with Gasteiger partial charge in [0.15, 0.2) is 0 Å². The molecule has 10 heteroatoms. The van der Waals surface area contributed by atoms with Crippen LogP contribution in [-0.4, -0.2) is 50.6 Å². The Labute approximate surface area is 212 Å². The fourth-order valence-corrected chi connectivity index (χ4v) is 4.55. The number of unbranched alkanes of at least 4 members (excludes halogenated alkanes) is 14. The molecule has 0 aliphatic rings. The molecule has 0 bridgehead atoms. The summed E-state index contributed by atoms with van der Waals surface area (Å²) in [7, 11) is -2.56. The van der Waals surface area contributed by atoms with E-state index in [9.17, 15) is 14.2 Å². The van der Waals surface area contributed by atoms with E-state index in [0.29, 0.717) is 12.8 Å². The van der Waals surface area contributed by atoms with E-state index in [1.165, 1.54) is 84.2 Å². The highest BCUT2D eigenvalue weighted by molar-refractivity contribution is 7.48. The lowest BCUT2D eigenvalue weighted by molar-refractivity contribution is -0.144. The number of hydrogen-bond acceptors (Lipinski definition) is 7. The Hall–Kier alpha value is -1.15. The van der Waals surface area contributed by atoms with Gasteiger partial charge in [-0.05, 0) is 6.42 Å². The standard InChI is InChI=1S/C25H50NO8P/c1-3-4-5-6-7-8-9-10-11-12-13-14-15-16-17-19-24(27)32-21-18-22-33-35(30,31-2)34-23-20-26-25(28)29/h26H,3-23H2,1-2H3,(H,28,29). The zero-order chi connectivity index (χ0) is 26.0.